The summed E-state index contributed by atoms with van der Waals surface area (Å²) in [4.78, 5) is 4.20. The molecule has 1 heterocycles. The molecule has 0 aliphatic rings. The number of hydrogen-bond acceptors (Lipinski definition) is 4. The Balaban J connectivity index is 2.20. The van der Waals surface area contributed by atoms with E-state index in [4.69, 9.17) is 5.84 Å². The van der Waals surface area contributed by atoms with Gasteiger partial charge in [0.25, 0.3) is 0 Å². The number of halogens is 1. The molecule has 0 spiro atoms. The van der Waals surface area contributed by atoms with Gasteiger partial charge in [-0.1, -0.05) is 12.1 Å². The summed E-state index contributed by atoms with van der Waals surface area (Å²) in [5, 5.41) is 2.90. The van der Waals surface area contributed by atoms with Crippen LogP contribution in [0.4, 0.5) is 4.39 Å². The number of hydrogen-bond donors (Lipinski definition) is 2. The molecule has 0 saturated heterocycles. The van der Waals surface area contributed by atoms with Crippen LogP contribution in [0.3, 0.4) is 0 Å². The summed E-state index contributed by atoms with van der Waals surface area (Å²) in [6, 6.07) is 5.05. The van der Waals surface area contributed by atoms with Gasteiger partial charge in [0.05, 0.1) is 11.0 Å². The van der Waals surface area contributed by atoms with Crippen molar-refractivity contribution in [1.82, 2.24) is 10.4 Å². The van der Waals surface area contributed by atoms with Crippen molar-refractivity contribution in [1.29, 1.82) is 0 Å². The number of thiazole rings is 1. The van der Waals surface area contributed by atoms with Gasteiger partial charge < -0.3 is 0 Å². The quantitative estimate of drug-likeness (QED) is 0.648. The van der Waals surface area contributed by atoms with E-state index >= 15 is 0 Å². The number of nitrogens with zero attached hydrogens (tertiary/aromatic N) is 1. The molecule has 0 aliphatic heterocycles. The summed E-state index contributed by atoms with van der Waals surface area (Å²) in [5.74, 6) is 5.31. The summed E-state index contributed by atoms with van der Waals surface area (Å²) in [6.07, 6.45) is 2.42. The Bertz CT molecular complexity index is 485. The van der Waals surface area contributed by atoms with Gasteiger partial charge in [-0.05, 0) is 24.1 Å². The molecule has 0 bridgehead atoms. The minimum absolute atomic E-state index is 0.115. The standard InChI is InChI=1S/C12H14FN3S/c1-8-2-3-9(6-10(8)13)11(16-14)7-12-15-4-5-17-12/h2-6,11,16H,7,14H2,1H3. The summed E-state index contributed by atoms with van der Waals surface area (Å²) >= 11 is 1.57. The highest BCUT2D eigenvalue weighted by Crippen LogP contribution is 2.21. The molecule has 0 saturated carbocycles. The van der Waals surface area contributed by atoms with E-state index in [0.717, 1.165) is 10.6 Å². The highest BCUT2D eigenvalue weighted by molar-refractivity contribution is 7.09. The maximum Gasteiger partial charge on any atom is 0.126 e. The second-order valence-electron chi connectivity index (χ2n) is 3.86. The Kier molecular flexibility index (Phi) is 3.83. The van der Waals surface area contributed by atoms with Gasteiger partial charge in [0.2, 0.25) is 0 Å². The first kappa shape index (κ1) is 12.2. The predicted molar refractivity (Wildman–Crippen MR) is 67.0 cm³/mol. The Labute approximate surface area is 103 Å². The second kappa shape index (κ2) is 5.35. The fourth-order valence-corrected chi connectivity index (χ4v) is 2.29. The Morgan fingerprint density at radius 1 is 1.53 bits per heavy atom. The third-order valence-electron chi connectivity index (χ3n) is 2.66. The smallest absolute Gasteiger partial charge is 0.126 e. The zero-order chi connectivity index (χ0) is 12.3. The van der Waals surface area contributed by atoms with E-state index in [1.165, 1.54) is 6.07 Å². The molecular weight excluding hydrogens is 237 g/mol. The van der Waals surface area contributed by atoms with Gasteiger partial charge in [-0.2, -0.15) is 0 Å². The number of hydrazine groups is 1. The van der Waals surface area contributed by atoms with Gasteiger partial charge in [0.15, 0.2) is 0 Å². The van der Waals surface area contributed by atoms with Crippen LogP contribution in [0.1, 0.15) is 22.2 Å². The molecule has 1 atom stereocenters. The molecule has 3 nitrogen and oxygen atoms in total. The zero-order valence-electron chi connectivity index (χ0n) is 9.48. The summed E-state index contributed by atoms with van der Waals surface area (Å²) in [6.45, 7) is 1.74. The maximum absolute atomic E-state index is 13.5. The maximum atomic E-state index is 13.5. The van der Waals surface area contributed by atoms with Crippen molar-refractivity contribution in [2.24, 2.45) is 5.84 Å². The Morgan fingerprint density at radius 3 is 2.94 bits per heavy atom. The van der Waals surface area contributed by atoms with E-state index in [2.05, 4.69) is 10.4 Å². The van der Waals surface area contributed by atoms with Crippen LogP contribution in [-0.2, 0) is 6.42 Å². The van der Waals surface area contributed by atoms with E-state index < -0.39 is 0 Å². The van der Waals surface area contributed by atoms with Crippen molar-refractivity contribution < 1.29 is 4.39 Å². The van der Waals surface area contributed by atoms with Crippen molar-refractivity contribution in [3.8, 4) is 0 Å². The van der Waals surface area contributed by atoms with E-state index in [1.54, 1.807) is 30.5 Å². The molecule has 1 unspecified atom stereocenters. The van der Waals surface area contributed by atoms with Crippen molar-refractivity contribution >= 4 is 11.3 Å². The van der Waals surface area contributed by atoms with Gasteiger partial charge in [-0.25, -0.2) is 9.37 Å². The van der Waals surface area contributed by atoms with Crippen LogP contribution in [0.25, 0.3) is 0 Å². The fourth-order valence-electron chi connectivity index (χ4n) is 1.63. The number of aryl methyl sites for hydroxylation is 1. The number of benzene rings is 1. The Morgan fingerprint density at radius 2 is 2.35 bits per heavy atom. The third kappa shape index (κ3) is 2.88. The first-order valence-corrected chi connectivity index (χ1v) is 6.19. The first-order valence-electron chi connectivity index (χ1n) is 5.31. The molecule has 0 fully saturated rings. The van der Waals surface area contributed by atoms with Crippen molar-refractivity contribution in [2.75, 3.05) is 0 Å². The normalized spacial score (nSPS) is 12.6. The lowest BCUT2D eigenvalue weighted by molar-refractivity contribution is 0.542. The van der Waals surface area contributed by atoms with Gasteiger partial charge >= 0.3 is 0 Å². The third-order valence-corrected chi connectivity index (χ3v) is 3.46. The minimum atomic E-state index is -0.207. The van der Waals surface area contributed by atoms with Crippen LogP contribution in [0.2, 0.25) is 0 Å². The first-order chi connectivity index (χ1) is 8.20. The molecule has 0 aliphatic carbocycles. The summed E-state index contributed by atoms with van der Waals surface area (Å²) in [7, 11) is 0. The van der Waals surface area contributed by atoms with Gasteiger partial charge in [-0.15, -0.1) is 11.3 Å². The van der Waals surface area contributed by atoms with E-state index in [-0.39, 0.29) is 11.9 Å². The van der Waals surface area contributed by atoms with Crippen LogP contribution in [-0.4, -0.2) is 4.98 Å². The summed E-state index contributed by atoms with van der Waals surface area (Å²) in [5.41, 5.74) is 4.18. The number of rotatable bonds is 4. The van der Waals surface area contributed by atoms with Crippen molar-refractivity contribution in [3.05, 3.63) is 51.7 Å². The molecule has 1 aromatic carbocycles. The molecule has 3 N–H and O–H groups in total. The largest absolute Gasteiger partial charge is 0.271 e. The van der Waals surface area contributed by atoms with E-state index in [0.29, 0.717) is 12.0 Å². The van der Waals surface area contributed by atoms with Gasteiger partial charge in [-0.3, -0.25) is 11.3 Å². The summed E-state index contributed by atoms with van der Waals surface area (Å²) < 4.78 is 13.5. The highest BCUT2D eigenvalue weighted by atomic mass is 32.1. The minimum Gasteiger partial charge on any atom is -0.271 e. The molecule has 0 radical (unpaired) electrons. The average Bonchev–Trinajstić information content (AvgIpc) is 2.82. The van der Waals surface area contributed by atoms with Gasteiger partial charge in [0.1, 0.15) is 5.82 Å². The van der Waals surface area contributed by atoms with Crippen LogP contribution in [0, 0.1) is 12.7 Å². The topological polar surface area (TPSA) is 50.9 Å². The molecule has 90 valence electrons. The molecule has 1 aromatic heterocycles. The highest BCUT2D eigenvalue weighted by Gasteiger charge is 2.13. The molecule has 5 heteroatoms. The van der Waals surface area contributed by atoms with Crippen molar-refractivity contribution in [3.63, 3.8) is 0 Å². The number of nitrogens with two attached hydrogens (primary N) is 1. The molecule has 2 rings (SSSR count). The second-order valence-corrected chi connectivity index (χ2v) is 4.84. The lowest BCUT2D eigenvalue weighted by atomic mass is 10.0. The van der Waals surface area contributed by atoms with Gasteiger partial charge in [0, 0.05) is 18.0 Å². The fraction of sp³-hybridized carbons (Fsp3) is 0.250. The number of aromatic nitrogens is 1. The van der Waals surface area contributed by atoms with E-state index in [9.17, 15) is 4.39 Å². The SMILES string of the molecule is Cc1ccc(C(Cc2nccs2)NN)cc1F. The predicted octanol–water partition coefficient (Wildman–Crippen LogP) is 2.34. The number of nitrogens with one attached hydrogen (secondary N) is 1. The van der Waals surface area contributed by atoms with Crippen molar-refractivity contribution in [2.45, 2.75) is 19.4 Å². The monoisotopic (exact) mass is 251 g/mol. The lowest BCUT2D eigenvalue weighted by Crippen LogP contribution is -2.29. The van der Waals surface area contributed by atoms with Crippen LogP contribution in [0.5, 0.6) is 0 Å². The molecule has 0 amide bonds. The average molecular weight is 251 g/mol. The molecule has 2 aromatic rings. The molecular formula is C12H14FN3S. The van der Waals surface area contributed by atoms with Crippen LogP contribution in [0.15, 0.2) is 29.8 Å². The zero-order valence-corrected chi connectivity index (χ0v) is 10.3. The van der Waals surface area contributed by atoms with E-state index in [1.807, 2.05) is 11.4 Å². The van der Waals surface area contributed by atoms with Crippen LogP contribution < -0.4 is 11.3 Å². The van der Waals surface area contributed by atoms with Crippen LogP contribution >= 0.6 is 11.3 Å². The molecule has 17 heavy (non-hydrogen) atoms. The Hall–Kier alpha value is -1.30. The lowest BCUT2D eigenvalue weighted by Gasteiger charge is -2.15.